The Kier molecular flexibility index (Phi) is 6.13. The number of nitriles is 1. The van der Waals surface area contributed by atoms with Crippen molar-refractivity contribution >= 4 is 27.5 Å². The summed E-state index contributed by atoms with van der Waals surface area (Å²) in [5, 5.41) is 12.1. The van der Waals surface area contributed by atoms with Crippen LogP contribution >= 0.6 is 11.3 Å². The zero-order valence-electron chi connectivity index (χ0n) is 17.9. The highest BCUT2D eigenvalue weighted by Gasteiger charge is 2.34. The van der Waals surface area contributed by atoms with Gasteiger partial charge < -0.3 is 14.4 Å². The molecule has 1 N–H and O–H groups in total. The molecule has 0 amide bonds. The van der Waals surface area contributed by atoms with E-state index in [1.54, 1.807) is 18.8 Å². The van der Waals surface area contributed by atoms with Gasteiger partial charge in [-0.15, -0.1) is 11.3 Å². The number of hydrogen-bond acceptors (Lipinski definition) is 9. The third-order valence-electron chi connectivity index (χ3n) is 6.06. The third kappa shape index (κ3) is 3.75. The smallest absolute Gasteiger partial charge is 0.332 e. The van der Waals surface area contributed by atoms with Crippen molar-refractivity contribution < 1.29 is 9.47 Å². The number of nitrogens with one attached hydrogen (secondary N) is 1. The van der Waals surface area contributed by atoms with Crippen molar-refractivity contribution in [2.24, 2.45) is 4.99 Å². The van der Waals surface area contributed by atoms with Gasteiger partial charge in [-0.05, 0) is 25.3 Å². The molecule has 4 rings (SSSR count). The molecule has 2 aromatic heterocycles. The second-order valence-electron chi connectivity index (χ2n) is 7.78. The summed E-state index contributed by atoms with van der Waals surface area (Å²) < 4.78 is 13.6. The van der Waals surface area contributed by atoms with Crippen LogP contribution in [0.2, 0.25) is 0 Å². The Morgan fingerprint density at radius 2 is 2.10 bits per heavy atom. The Bertz CT molecular complexity index is 1170. The SMILES string of the molecule is COCCn1c(=O)n(C2CC(OC)C2)c(=O)c2c(C)c(CN3CCN=C3NC#N)sc21. The van der Waals surface area contributed by atoms with Crippen LogP contribution in [0, 0.1) is 18.4 Å². The van der Waals surface area contributed by atoms with Gasteiger partial charge in [-0.1, -0.05) is 0 Å². The predicted molar refractivity (Wildman–Crippen MR) is 117 cm³/mol. The van der Waals surface area contributed by atoms with Crippen LogP contribution in [0.4, 0.5) is 0 Å². The minimum Gasteiger partial charge on any atom is -0.383 e. The minimum absolute atomic E-state index is 0.0825. The molecule has 1 saturated carbocycles. The maximum Gasteiger partial charge on any atom is 0.332 e. The van der Waals surface area contributed by atoms with Crippen molar-refractivity contribution in [3.05, 3.63) is 31.3 Å². The molecule has 1 aliphatic carbocycles. The van der Waals surface area contributed by atoms with Crippen molar-refractivity contribution in [1.82, 2.24) is 19.4 Å². The number of hydrogen-bond donors (Lipinski definition) is 1. The molecule has 2 aromatic rings. The van der Waals surface area contributed by atoms with Crippen LogP contribution in [0.1, 0.15) is 29.3 Å². The lowest BCUT2D eigenvalue weighted by Crippen LogP contribution is -2.47. The van der Waals surface area contributed by atoms with Gasteiger partial charge >= 0.3 is 5.69 Å². The second-order valence-corrected chi connectivity index (χ2v) is 8.86. The molecule has 0 aromatic carbocycles. The first-order chi connectivity index (χ1) is 15.0. The van der Waals surface area contributed by atoms with Gasteiger partial charge in [-0.25, -0.2) is 4.79 Å². The van der Waals surface area contributed by atoms with Crippen LogP contribution in [0.3, 0.4) is 0 Å². The molecular weight excluding hydrogens is 420 g/mol. The van der Waals surface area contributed by atoms with Crippen molar-refractivity contribution in [2.45, 2.75) is 45.0 Å². The Balaban J connectivity index is 1.79. The fourth-order valence-corrected chi connectivity index (χ4v) is 5.51. The quantitative estimate of drug-likeness (QED) is 0.494. The summed E-state index contributed by atoms with van der Waals surface area (Å²) in [5.41, 5.74) is 0.339. The van der Waals surface area contributed by atoms with Gasteiger partial charge in [-0.3, -0.25) is 24.2 Å². The van der Waals surface area contributed by atoms with E-state index in [4.69, 9.17) is 14.7 Å². The van der Waals surface area contributed by atoms with E-state index >= 15 is 0 Å². The van der Waals surface area contributed by atoms with Crippen LogP contribution in [-0.4, -0.2) is 60.0 Å². The average molecular weight is 447 g/mol. The molecule has 0 saturated heterocycles. The molecule has 0 bridgehead atoms. The van der Waals surface area contributed by atoms with E-state index in [0.29, 0.717) is 61.8 Å². The molecule has 10 nitrogen and oxygen atoms in total. The fraction of sp³-hybridized carbons (Fsp3) is 0.600. The lowest BCUT2D eigenvalue weighted by molar-refractivity contribution is 0.00357. The topological polar surface area (TPSA) is 114 Å². The minimum atomic E-state index is -0.295. The monoisotopic (exact) mass is 446 g/mol. The van der Waals surface area contributed by atoms with Gasteiger partial charge in [0.05, 0.1) is 37.7 Å². The fourth-order valence-electron chi connectivity index (χ4n) is 4.18. The van der Waals surface area contributed by atoms with E-state index in [-0.39, 0.29) is 23.4 Å². The second kappa shape index (κ2) is 8.82. The van der Waals surface area contributed by atoms with E-state index in [1.807, 2.05) is 18.0 Å². The van der Waals surface area contributed by atoms with Crippen molar-refractivity contribution in [3.63, 3.8) is 0 Å². The first kappa shape index (κ1) is 21.5. The van der Waals surface area contributed by atoms with Crippen LogP contribution in [0.25, 0.3) is 10.2 Å². The van der Waals surface area contributed by atoms with E-state index in [0.717, 1.165) is 10.4 Å². The molecule has 2 aliphatic rings. The summed E-state index contributed by atoms with van der Waals surface area (Å²) in [5.74, 6) is 0.536. The van der Waals surface area contributed by atoms with Crippen LogP contribution < -0.4 is 16.6 Å². The molecular formula is C20H26N6O4S. The predicted octanol–water partition coefficient (Wildman–Crippen LogP) is 0.772. The normalized spacial score (nSPS) is 20.6. The maximum atomic E-state index is 13.4. The Morgan fingerprint density at radius 1 is 1.32 bits per heavy atom. The molecule has 11 heteroatoms. The largest absolute Gasteiger partial charge is 0.383 e. The highest BCUT2D eigenvalue weighted by atomic mass is 32.1. The van der Waals surface area contributed by atoms with Gasteiger partial charge in [0.25, 0.3) is 5.56 Å². The number of thiophene rings is 1. The third-order valence-corrected chi connectivity index (χ3v) is 7.36. The summed E-state index contributed by atoms with van der Waals surface area (Å²) in [6.45, 7) is 4.50. The van der Waals surface area contributed by atoms with Gasteiger partial charge in [0.15, 0.2) is 6.19 Å². The summed E-state index contributed by atoms with van der Waals surface area (Å²) >= 11 is 1.45. The first-order valence-corrected chi connectivity index (χ1v) is 11.0. The van der Waals surface area contributed by atoms with E-state index in [1.165, 1.54) is 15.9 Å². The van der Waals surface area contributed by atoms with Gasteiger partial charge in [0.2, 0.25) is 5.96 Å². The van der Waals surface area contributed by atoms with Gasteiger partial charge in [0, 0.05) is 31.7 Å². The van der Waals surface area contributed by atoms with E-state index in [2.05, 4.69) is 10.3 Å². The number of aryl methyl sites for hydroxylation is 1. The molecule has 0 atom stereocenters. The van der Waals surface area contributed by atoms with Gasteiger partial charge in [-0.2, -0.15) is 5.26 Å². The average Bonchev–Trinajstić information content (AvgIpc) is 3.28. The van der Waals surface area contributed by atoms with Crippen molar-refractivity contribution in [3.8, 4) is 6.19 Å². The molecule has 0 radical (unpaired) electrons. The number of ether oxygens (including phenoxy) is 2. The highest BCUT2D eigenvalue weighted by Crippen LogP contribution is 2.34. The number of rotatable bonds is 7. The first-order valence-electron chi connectivity index (χ1n) is 10.2. The number of aromatic nitrogens is 2. The number of fused-ring (bicyclic) bond motifs is 1. The molecule has 166 valence electrons. The van der Waals surface area contributed by atoms with Crippen molar-refractivity contribution in [2.75, 3.05) is 33.9 Å². The maximum absolute atomic E-state index is 13.4. The van der Waals surface area contributed by atoms with Crippen LogP contribution in [0.5, 0.6) is 0 Å². The van der Waals surface area contributed by atoms with Crippen LogP contribution in [0.15, 0.2) is 14.6 Å². The lowest BCUT2D eigenvalue weighted by atomic mass is 9.89. The molecule has 31 heavy (non-hydrogen) atoms. The zero-order valence-corrected chi connectivity index (χ0v) is 18.7. The number of guanidine groups is 1. The number of nitrogens with zero attached hydrogens (tertiary/aromatic N) is 5. The molecule has 0 spiro atoms. The number of aliphatic imine (C=N–C) groups is 1. The lowest BCUT2D eigenvalue weighted by Gasteiger charge is -2.35. The summed E-state index contributed by atoms with van der Waals surface area (Å²) in [7, 11) is 3.24. The molecule has 3 heterocycles. The van der Waals surface area contributed by atoms with E-state index in [9.17, 15) is 9.59 Å². The van der Waals surface area contributed by atoms with Crippen LogP contribution in [-0.2, 0) is 22.6 Å². The number of methoxy groups -OCH3 is 2. The summed E-state index contributed by atoms with van der Waals surface area (Å²) in [6, 6.07) is -0.150. The standard InChI is InChI=1S/C20H26N6O4S/c1-12-15(10-24-5-4-22-19(24)23-11-21)31-18-16(12)17(27)26(13-8-14(9-13)30-3)20(28)25(18)6-7-29-2/h13-14H,4-10H2,1-3H3,(H,22,23). The molecule has 1 fully saturated rings. The van der Waals surface area contributed by atoms with Gasteiger partial charge in [0.1, 0.15) is 4.83 Å². The zero-order chi connectivity index (χ0) is 22.1. The molecule has 1 aliphatic heterocycles. The molecule has 0 unspecified atom stereocenters. The Morgan fingerprint density at radius 3 is 2.77 bits per heavy atom. The van der Waals surface area contributed by atoms with E-state index < -0.39 is 0 Å². The summed E-state index contributed by atoms with van der Waals surface area (Å²) in [6.07, 6.45) is 3.31. The Labute approximate surface area is 183 Å². The highest BCUT2D eigenvalue weighted by molar-refractivity contribution is 7.18. The Hall–Kier alpha value is -2.68. The van der Waals surface area contributed by atoms with Crippen molar-refractivity contribution in [1.29, 1.82) is 5.26 Å². The summed E-state index contributed by atoms with van der Waals surface area (Å²) in [4.78, 5) is 34.7.